The van der Waals surface area contributed by atoms with Gasteiger partial charge in [0.25, 0.3) is 0 Å². The Labute approximate surface area is 130 Å². The van der Waals surface area contributed by atoms with E-state index < -0.39 is 11.9 Å². The van der Waals surface area contributed by atoms with Crippen LogP contribution in [0.5, 0.6) is 5.75 Å². The summed E-state index contributed by atoms with van der Waals surface area (Å²) in [4.78, 5) is 0. The molecule has 2 nitrogen and oxygen atoms in total. The molecule has 0 amide bonds. The lowest BCUT2D eigenvalue weighted by atomic mass is 9.97. The summed E-state index contributed by atoms with van der Waals surface area (Å²) in [5.74, 6) is -0.154. The van der Waals surface area contributed by atoms with E-state index in [4.69, 9.17) is 16.3 Å². The molecule has 0 aromatic heterocycles. The number of aliphatic hydroxyl groups is 1. The number of ether oxygens (including phenoxy) is 1. The first kappa shape index (κ1) is 15.3. The van der Waals surface area contributed by atoms with Crippen LogP contribution in [0, 0.1) is 12.7 Å². The third-order valence-corrected chi connectivity index (χ3v) is 4.19. The van der Waals surface area contributed by atoms with Gasteiger partial charge < -0.3 is 9.84 Å². The second-order valence-electron chi connectivity index (χ2n) is 4.36. The molecule has 106 valence electrons. The average Bonchev–Trinajstić information content (AvgIpc) is 2.43. The first-order valence-electron chi connectivity index (χ1n) is 5.91. The average molecular weight is 360 g/mol. The Morgan fingerprint density at radius 3 is 2.65 bits per heavy atom. The molecule has 0 fully saturated rings. The van der Waals surface area contributed by atoms with Crippen LogP contribution in [0.4, 0.5) is 4.39 Å². The van der Waals surface area contributed by atoms with Gasteiger partial charge in [0.1, 0.15) is 17.7 Å². The minimum Gasteiger partial charge on any atom is -0.496 e. The van der Waals surface area contributed by atoms with Crippen molar-refractivity contribution < 1.29 is 14.2 Å². The van der Waals surface area contributed by atoms with Crippen molar-refractivity contribution in [3.05, 3.63) is 62.3 Å². The number of aliphatic hydroxyl groups excluding tert-OH is 1. The Kier molecular flexibility index (Phi) is 4.68. The van der Waals surface area contributed by atoms with Crippen molar-refractivity contribution in [2.24, 2.45) is 0 Å². The van der Waals surface area contributed by atoms with Gasteiger partial charge in [0.05, 0.1) is 11.6 Å². The Morgan fingerprint density at radius 1 is 1.30 bits per heavy atom. The topological polar surface area (TPSA) is 29.5 Å². The summed E-state index contributed by atoms with van der Waals surface area (Å²) >= 11 is 9.18. The van der Waals surface area contributed by atoms with Crippen molar-refractivity contribution in [3.63, 3.8) is 0 Å². The van der Waals surface area contributed by atoms with Gasteiger partial charge in [-0.2, -0.15) is 0 Å². The van der Waals surface area contributed by atoms with Gasteiger partial charge in [-0.25, -0.2) is 4.39 Å². The van der Waals surface area contributed by atoms with Crippen LogP contribution in [0.15, 0.2) is 34.8 Å². The molecule has 1 unspecified atom stereocenters. The highest BCUT2D eigenvalue weighted by atomic mass is 79.9. The Bertz CT molecular complexity index is 646. The van der Waals surface area contributed by atoms with Gasteiger partial charge in [0.2, 0.25) is 0 Å². The van der Waals surface area contributed by atoms with Crippen LogP contribution in [-0.2, 0) is 0 Å². The molecule has 0 saturated heterocycles. The van der Waals surface area contributed by atoms with E-state index in [-0.39, 0.29) is 10.2 Å². The van der Waals surface area contributed by atoms with Crippen LogP contribution in [0.25, 0.3) is 0 Å². The van der Waals surface area contributed by atoms with Gasteiger partial charge >= 0.3 is 0 Å². The van der Waals surface area contributed by atoms with E-state index in [1.54, 1.807) is 18.2 Å². The van der Waals surface area contributed by atoms with Crippen molar-refractivity contribution >= 4 is 27.5 Å². The summed E-state index contributed by atoms with van der Waals surface area (Å²) in [6.07, 6.45) is -0.944. The lowest BCUT2D eigenvalue weighted by Gasteiger charge is -2.18. The van der Waals surface area contributed by atoms with E-state index in [1.807, 2.05) is 6.92 Å². The zero-order valence-electron chi connectivity index (χ0n) is 11.0. The standard InChI is InChI=1S/C15H13BrClFO2/c1-8-9(4-3-5-12(8)17)15(19)10-6-11(16)13(18)7-14(10)20-2/h3-7,15,19H,1-2H3. The van der Waals surface area contributed by atoms with Crippen molar-refractivity contribution in [3.8, 4) is 5.75 Å². The molecule has 20 heavy (non-hydrogen) atoms. The Balaban J connectivity index is 2.55. The fourth-order valence-electron chi connectivity index (χ4n) is 2.02. The maximum Gasteiger partial charge on any atom is 0.141 e. The molecule has 0 spiro atoms. The summed E-state index contributed by atoms with van der Waals surface area (Å²) < 4.78 is 18.9. The molecule has 0 radical (unpaired) electrons. The molecular weight excluding hydrogens is 347 g/mol. The molecular formula is C15H13BrClFO2. The number of hydrogen-bond donors (Lipinski definition) is 1. The van der Waals surface area contributed by atoms with Gasteiger partial charge in [0.15, 0.2) is 0 Å². The summed E-state index contributed by atoms with van der Waals surface area (Å²) in [7, 11) is 1.43. The first-order valence-corrected chi connectivity index (χ1v) is 7.08. The number of hydrogen-bond acceptors (Lipinski definition) is 2. The van der Waals surface area contributed by atoms with Gasteiger partial charge in [-0.15, -0.1) is 0 Å². The molecule has 2 aromatic rings. The highest BCUT2D eigenvalue weighted by molar-refractivity contribution is 9.10. The highest BCUT2D eigenvalue weighted by Gasteiger charge is 2.20. The van der Waals surface area contributed by atoms with Crippen LogP contribution < -0.4 is 4.74 Å². The number of methoxy groups -OCH3 is 1. The van der Waals surface area contributed by atoms with Crippen LogP contribution in [0.3, 0.4) is 0 Å². The molecule has 0 heterocycles. The van der Waals surface area contributed by atoms with E-state index in [9.17, 15) is 9.50 Å². The second kappa shape index (κ2) is 6.12. The van der Waals surface area contributed by atoms with Gasteiger partial charge in [-0.3, -0.25) is 0 Å². The van der Waals surface area contributed by atoms with Gasteiger partial charge in [-0.05, 0) is 46.1 Å². The zero-order valence-corrected chi connectivity index (χ0v) is 13.3. The van der Waals surface area contributed by atoms with Gasteiger partial charge in [0, 0.05) is 16.7 Å². The summed E-state index contributed by atoms with van der Waals surface area (Å²) in [6, 6.07) is 8.05. The van der Waals surface area contributed by atoms with E-state index in [0.717, 1.165) is 5.56 Å². The van der Waals surface area contributed by atoms with Gasteiger partial charge in [-0.1, -0.05) is 23.7 Å². The highest BCUT2D eigenvalue weighted by Crippen LogP contribution is 2.36. The molecule has 0 bridgehead atoms. The van der Waals surface area contributed by atoms with Crippen molar-refractivity contribution in [1.82, 2.24) is 0 Å². The molecule has 0 aliphatic rings. The number of halogens is 3. The third-order valence-electron chi connectivity index (χ3n) is 3.17. The van der Waals surface area contributed by atoms with E-state index >= 15 is 0 Å². The lowest BCUT2D eigenvalue weighted by molar-refractivity contribution is 0.213. The fourth-order valence-corrected chi connectivity index (χ4v) is 2.57. The molecule has 0 aliphatic heterocycles. The lowest BCUT2D eigenvalue weighted by Crippen LogP contribution is -2.05. The minimum absolute atomic E-state index is 0.270. The SMILES string of the molecule is COc1cc(F)c(Br)cc1C(O)c1cccc(Cl)c1C. The largest absolute Gasteiger partial charge is 0.496 e. The van der Waals surface area contributed by atoms with Crippen molar-refractivity contribution in [2.75, 3.05) is 7.11 Å². The van der Waals surface area contributed by atoms with Crippen molar-refractivity contribution in [2.45, 2.75) is 13.0 Å². The van der Waals surface area contributed by atoms with E-state index in [2.05, 4.69) is 15.9 Å². The third kappa shape index (κ3) is 2.82. The minimum atomic E-state index is -0.944. The number of benzene rings is 2. The van der Waals surface area contributed by atoms with E-state index in [0.29, 0.717) is 16.1 Å². The Morgan fingerprint density at radius 2 is 2.00 bits per heavy atom. The van der Waals surface area contributed by atoms with Crippen LogP contribution in [0.2, 0.25) is 5.02 Å². The van der Waals surface area contributed by atoms with E-state index in [1.165, 1.54) is 19.2 Å². The predicted molar refractivity (Wildman–Crippen MR) is 80.9 cm³/mol. The molecule has 5 heteroatoms. The molecule has 2 aromatic carbocycles. The zero-order chi connectivity index (χ0) is 14.9. The normalized spacial score (nSPS) is 12.3. The monoisotopic (exact) mass is 358 g/mol. The summed E-state index contributed by atoms with van der Waals surface area (Å²) in [6.45, 7) is 1.83. The Hall–Kier alpha value is -1.10. The number of rotatable bonds is 3. The molecule has 2 rings (SSSR count). The molecule has 1 N–H and O–H groups in total. The summed E-state index contributed by atoms with van der Waals surface area (Å²) in [5.41, 5.74) is 1.92. The molecule has 0 aliphatic carbocycles. The smallest absolute Gasteiger partial charge is 0.141 e. The van der Waals surface area contributed by atoms with Crippen LogP contribution in [0.1, 0.15) is 22.8 Å². The maximum atomic E-state index is 13.5. The molecule has 0 saturated carbocycles. The second-order valence-corrected chi connectivity index (χ2v) is 5.63. The first-order chi connectivity index (χ1) is 9.45. The van der Waals surface area contributed by atoms with Crippen LogP contribution >= 0.6 is 27.5 Å². The fraction of sp³-hybridized carbons (Fsp3) is 0.200. The van der Waals surface area contributed by atoms with Crippen LogP contribution in [-0.4, -0.2) is 12.2 Å². The quantitative estimate of drug-likeness (QED) is 0.865. The predicted octanol–water partition coefficient (Wildman–Crippen LogP) is 4.64. The maximum absolute atomic E-state index is 13.5. The van der Waals surface area contributed by atoms with Crippen molar-refractivity contribution in [1.29, 1.82) is 0 Å². The summed E-state index contributed by atoms with van der Waals surface area (Å²) in [5, 5.41) is 11.1. The molecule has 1 atom stereocenters.